The van der Waals surface area contributed by atoms with E-state index in [0.29, 0.717) is 11.3 Å². The van der Waals surface area contributed by atoms with E-state index in [-0.39, 0.29) is 18.4 Å². The third-order valence-corrected chi connectivity index (χ3v) is 3.70. The van der Waals surface area contributed by atoms with Crippen molar-refractivity contribution in [1.29, 1.82) is 0 Å². The quantitative estimate of drug-likeness (QED) is 0.887. The molecule has 0 saturated carbocycles. The SMILES string of the molecule is COc1ccc(C(=O)NCC(=O)Nc2c(C)cc(C)cc2C)cc1. The number of carbonyl (C=O) groups excluding carboxylic acids is 2. The summed E-state index contributed by atoms with van der Waals surface area (Å²) in [5.41, 5.74) is 4.43. The van der Waals surface area contributed by atoms with Crippen LogP contribution in [0.1, 0.15) is 27.0 Å². The maximum atomic E-state index is 12.1. The highest BCUT2D eigenvalue weighted by Crippen LogP contribution is 2.21. The van der Waals surface area contributed by atoms with E-state index in [2.05, 4.69) is 10.6 Å². The van der Waals surface area contributed by atoms with Crippen LogP contribution >= 0.6 is 0 Å². The Bertz CT molecular complexity index is 729. The zero-order chi connectivity index (χ0) is 17.7. The number of nitrogens with one attached hydrogen (secondary N) is 2. The van der Waals surface area contributed by atoms with E-state index in [0.717, 1.165) is 22.4 Å². The third kappa shape index (κ3) is 4.35. The molecule has 0 bridgehead atoms. The summed E-state index contributed by atoms with van der Waals surface area (Å²) in [4.78, 5) is 24.1. The molecule has 0 fully saturated rings. The Labute approximate surface area is 142 Å². The second-order valence-corrected chi connectivity index (χ2v) is 5.73. The summed E-state index contributed by atoms with van der Waals surface area (Å²) in [6.45, 7) is 5.83. The van der Waals surface area contributed by atoms with Gasteiger partial charge in [0.25, 0.3) is 5.91 Å². The molecular formula is C19H22N2O3. The Balaban J connectivity index is 1.94. The van der Waals surface area contributed by atoms with Crippen molar-refractivity contribution < 1.29 is 14.3 Å². The predicted octanol–water partition coefficient (Wildman–Crippen LogP) is 2.99. The lowest BCUT2D eigenvalue weighted by Crippen LogP contribution is -2.33. The fourth-order valence-electron chi connectivity index (χ4n) is 2.57. The minimum absolute atomic E-state index is 0.0857. The molecule has 2 amide bonds. The standard InChI is InChI=1S/C19H22N2O3/c1-12-9-13(2)18(14(3)10-12)21-17(22)11-20-19(23)15-5-7-16(24-4)8-6-15/h5-10H,11H2,1-4H3,(H,20,23)(H,21,22). The predicted molar refractivity (Wildman–Crippen MR) is 94.6 cm³/mol. The van der Waals surface area contributed by atoms with E-state index >= 15 is 0 Å². The number of amides is 2. The van der Waals surface area contributed by atoms with E-state index in [1.807, 2.05) is 32.9 Å². The largest absolute Gasteiger partial charge is 0.497 e. The number of anilines is 1. The molecule has 126 valence electrons. The number of aryl methyl sites for hydroxylation is 3. The molecule has 0 aliphatic heterocycles. The van der Waals surface area contributed by atoms with Crippen LogP contribution in [0, 0.1) is 20.8 Å². The Kier molecular flexibility index (Phi) is 5.58. The van der Waals surface area contributed by atoms with Gasteiger partial charge in [0.15, 0.2) is 0 Å². The monoisotopic (exact) mass is 326 g/mol. The van der Waals surface area contributed by atoms with Crippen LogP contribution in [0.25, 0.3) is 0 Å². The smallest absolute Gasteiger partial charge is 0.251 e. The molecule has 0 aromatic heterocycles. The zero-order valence-electron chi connectivity index (χ0n) is 14.4. The lowest BCUT2D eigenvalue weighted by Gasteiger charge is -2.13. The first-order valence-electron chi connectivity index (χ1n) is 7.70. The molecule has 0 aliphatic carbocycles. The van der Waals surface area contributed by atoms with Gasteiger partial charge in [-0.15, -0.1) is 0 Å². The molecule has 0 heterocycles. The topological polar surface area (TPSA) is 67.4 Å². The molecule has 2 rings (SSSR count). The van der Waals surface area contributed by atoms with E-state index in [1.54, 1.807) is 31.4 Å². The lowest BCUT2D eigenvalue weighted by atomic mass is 10.1. The van der Waals surface area contributed by atoms with Crippen LogP contribution in [0.15, 0.2) is 36.4 Å². The molecule has 5 nitrogen and oxygen atoms in total. The molecule has 0 aliphatic rings. The molecule has 0 radical (unpaired) electrons. The highest BCUT2D eigenvalue weighted by molar-refractivity contribution is 5.99. The summed E-state index contributed by atoms with van der Waals surface area (Å²) < 4.78 is 5.05. The molecule has 0 atom stereocenters. The van der Waals surface area contributed by atoms with E-state index < -0.39 is 0 Å². The number of rotatable bonds is 5. The molecule has 24 heavy (non-hydrogen) atoms. The number of methoxy groups -OCH3 is 1. The van der Waals surface area contributed by atoms with E-state index in [4.69, 9.17) is 4.74 Å². The van der Waals surface area contributed by atoms with Gasteiger partial charge < -0.3 is 15.4 Å². The van der Waals surface area contributed by atoms with Gasteiger partial charge in [-0.05, 0) is 56.2 Å². The van der Waals surface area contributed by atoms with Crippen molar-refractivity contribution in [3.05, 3.63) is 58.7 Å². The fourth-order valence-corrected chi connectivity index (χ4v) is 2.57. The van der Waals surface area contributed by atoms with Crippen molar-refractivity contribution in [2.45, 2.75) is 20.8 Å². The molecule has 5 heteroatoms. The van der Waals surface area contributed by atoms with Gasteiger partial charge in [-0.25, -0.2) is 0 Å². The van der Waals surface area contributed by atoms with Gasteiger partial charge >= 0.3 is 0 Å². The highest BCUT2D eigenvalue weighted by atomic mass is 16.5. The van der Waals surface area contributed by atoms with Crippen molar-refractivity contribution in [1.82, 2.24) is 5.32 Å². The Hall–Kier alpha value is -2.82. The van der Waals surface area contributed by atoms with Gasteiger partial charge in [0.05, 0.1) is 13.7 Å². The highest BCUT2D eigenvalue weighted by Gasteiger charge is 2.11. The fraction of sp³-hybridized carbons (Fsp3) is 0.263. The number of hydrogen-bond donors (Lipinski definition) is 2. The van der Waals surface area contributed by atoms with Crippen LogP contribution in [-0.2, 0) is 4.79 Å². The molecule has 2 N–H and O–H groups in total. The first kappa shape index (κ1) is 17.5. The zero-order valence-corrected chi connectivity index (χ0v) is 14.4. The minimum atomic E-state index is -0.301. The van der Waals surface area contributed by atoms with Crippen molar-refractivity contribution in [2.24, 2.45) is 0 Å². The molecule has 0 unspecified atom stereocenters. The van der Waals surface area contributed by atoms with Gasteiger partial charge in [0, 0.05) is 11.3 Å². The van der Waals surface area contributed by atoms with Crippen molar-refractivity contribution in [3.8, 4) is 5.75 Å². The van der Waals surface area contributed by atoms with E-state index in [1.165, 1.54) is 0 Å². The number of carbonyl (C=O) groups is 2. The number of ether oxygens (including phenoxy) is 1. The maximum absolute atomic E-state index is 12.1. The average molecular weight is 326 g/mol. The van der Waals surface area contributed by atoms with Crippen LogP contribution in [0.4, 0.5) is 5.69 Å². The van der Waals surface area contributed by atoms with Crippen LogP contribution < -0.4 is 15.4 Å². The van der Waals surface area contributed by atoms with Crippen molar-refractivity contribution >= 4 is 17.5 Å². The van der Waals surface area contributed by atoms with Gasteiger partial charge in [-0.3, -0.25) is 9.59 Å². The normalized spacial score (nSPS) is 10.2. The number of hydrogen-bond acceptors (Lipinski definition) is 3. The first-order chi connectivity index (χ1) is 11.4. The Morgan fingerprint density at radius 2 is 1.58 bits per heavy atom. The van der Waals surface area contributed by atoms with Crippen LogP contribution in [0.5, 0.6) is 5.75 Å². The second kappa shape index (κ2) is 7.64. The molecule has 2 aromatic carbocycles. The van der Waals surface area contributed by atoms with Gasteiger partial charge in [-0.1, -0.05) is 17.7 Å². The van der Waals surface area contributed by atoms with Gasteiger partial charge in [0.1, 0.15) is 5.75 Å². The van der Waals surface area contributed by atoms with Crippen LogP contribution in [-0.4, -0.2) is 25.5 Å². The van der Waals surface area contributed by atoms with Crippen LogP contribution in [0.3, 0.4) is 0 Å². The Morgan fingerprint density at radius 1 is 1.00 bits per heavy atom. The summed E-state index contributed by atoms with van der Waals surface area (Å²) in [6.07, 6.45) is 0. The summed E-state index contributed by atoms with van der Waals surface area (Å²) in [5, 5.41) is 5.47. The van der Waals surface area contributed by atoms with E-state index in [9.17, 15) is 9.59 Å². The Morgan fingerprint density at radius 3 is 2.12 bits per heavy atom. The molecular weight excluding hydrogens is 304 g/mol. The molecule has 0 saturated heterocycles. The van der Waals surface area contributed by atoms with Gasteiger partial charge in [-0.2, -0.15) is 0 Å². The molecule has 0 spiro atoms. The van der Waals surface area contributed by atoms with Gasteiger partial charge in [0.2, 0.25) is 5.91 Å². The first-order valence-corrected chi connectivity index (χ1v) is 7.70. The summed E-state index contributed by atoms with van der Waals surface area (Å²) in [7, 11) is 1.56. The van der Waals surface area contributed by atoms with Crippen LogP contribution in [0.2, 0.25) is 0 Å². The molecule has 2 aromatic rings. The summed E-state index contributed by atoms with van der Waals surface area (Å²) >= 11 is 0. The second-order valence-electron chi connectivity index (χ2n) is 5.73. The minimum Gasteiger partial charge on any atom is -0.497 e. The summed E-state index contributed by atoms with van der Waals surface area (Å²) in [5.74, 6) is 0.117. The van der Waals surface area contributed by atoms with Crippen molar-refractivity contribution in [3.63, 3.8) is 0 Å². The third-order valence-electron chi connectivity index (χ3n) is 3.70. The lowest BCUT2D eigenvalue weighted by molar-refractivity contribution is -0.115. The maximum Gasteiger partial charge on any atom is 0.251 e. The average Bonchev–Trinajstić information content (AvgIpc) is 2.56. The van der Waals surface area contributed by atoms with Crippen molar-refractivity contribution in [2.75, 3.05) is 19.0 Å². The summed E-state index contributed by atoms with van der Waals surface area (Å²) in [6, 6.07) is 10.7. The number of benzene rings is 2.